The van der Waals surface area contributed by atoms with Gasteiger partial charge in [0.15, 0.2) is 5.82 Å². The van der Waals surface area contributed by atoms with Gasteiger partial charge in [-0.05, 0) is 18.2 Å². The fraction of sp³-hybridized carbons (Fsp3) is 0. The van der Waals surface area contributed by atoms with Gasteiger partial charge in [-0.2, -0.15) is 5.10 Å². The first-order valence-electron chi connectivity index (χ1n) is 5.10. The first kappa shape index (κ1) is 10.5. The van der Waals surface area contributed by atoms with Gasteiger partial charge in [-0.1, -0.05) is 6.58 Å². The number of hydrazone groups is 2. The molecule has 0 aromatic heterocycles. The normalized spacial score (nSPS) is 17.1. The summed E-state index contributed by atoms with van der Waals surface area (Å²) in [6.45, 7) is 6.94. The summed E-state index contributed by atoms with van der Waals surface area (Å²) in [5.74, 6) is -0.627. The number of hydrogen-bond acceptors (Lipinski definition) is 5. The standard InChI is InChI=1S/C12H7FN4O/c1-6-15-11-10(16-17(6)14-2)8-4-3-7(13)5-9(8)12(11)18/h3-5H,1-2H2. The highest BCUT2D eigenvalue weighted by molar-refractivity contribution is 6.78. The predicted octanol–water partition coefficient (Wildman–Crippen LogP) is 1.57. The SMILES string of the molecule is C=NN1N=C2C(=NC1=C)C(=O)c1cc(F)ccc12. The molecular weight excluding hydrogens is 235 g/mol. The smallest absolute Gasteiger partial charge is 0.214 e. The molecule has 1 aromatic rings. The lowest BCUT2D eigenvalue weighted by Crippen LogP contribution is -2.25. The second-order valence-corrected chi connectivity index (χ2v) is 3.78. The molecule has 1 aromatic carbocycles. The van der Waals surface area contributed by atoms with E-state index in [0.717, 1.165) is 5.12 Å². The van der Waals surface area contributed by atoms with E-state index in [1.54, 1.807) is 0 Å². The van der Waals surface area contributed by atoms with Crippen molar-refractivity contribution in [1.29, 1.82) is 0 Å². The third-order valence-corrected chi connectivity index (χ3v) is 2.72. The molecule has 18 heavy (non-hydrogen) atoms. The number of Topliss-reactive ketones (excluding diaryl/α,β-unsaturated/α-hetero) is 1. The first-order valence-corrected chi connectivity index (χ1v) is 5.10. The van der Waals surface area contributed by atoms with Crippen LogP contribution < -0.4 is 0 Å². The van der Waals surface area contributed by atoms with Gasteiger partial charge in [0.25, 0.3) is 0 Å². The van der Waals surface area contributed by atoms with Crippen LogP contribution in [0.1, 0.15) is 15.9 Å². The van der Waals surface area contributed by atoms with Gasteiger partial charge in [0.2, 0.25) is 5.78 Å². The van der Waals surface area contributed by atoms with Crippen LogP contribution in [0.25, 0.3) is 0 Å². The number of aliphatic imine (C=N–C) groups is 1. The minimum atomic E-state index is -0.473. The van der Waals surface area contributed by atoms with Crippen molar-refractivity contribution in [2.45, 2.75) is 0 Å². The van der Waals surface area contributed by atoms with Crippen molar-refractivity contribution in [3.63, 3.8) is 0 Å². The molecular formula is C12H7FN4O. The molecule has 0 atom stereocenters. The van der Waals surface area contributed by atoms with Crippen molar-refractivity contribution in [2.24, 2.45) is 15.2 Å². The summed E-state index contributed by atoms with van der Waals surface area (Å²) in [6.07, 6.45) is 0. The van der Waals surface area contributed by atoms with Crippen molar-refractivity contribution in [3.05, 3.63) is 47.5 Å². The Hall–Kier alpha value is -2.63. The molecule has 88 valence electrons. The van der Waals surface area contributed by atoms with Crippen LogP contribution in [0.2, 0.25) is 0 Å². The van der Waals surface area contributed by atoms with Gasteiger partial charge in [0.05, 0.1) is 0 Å². The molecule has 0 unspecified atom stereocenters. The lowest BCUT2D eigenvalue weighted by Gasteiger charge is -2.17. The number of ketones is 1. The van der Waals surface area contributed by atoms with Crippen molar-refractivity contribution < 1.29 is 9.18 Å². The van der Waals surface area contributed by atoms with Crippen molar-refractivity contribution in [1.82, 2.24) is 5.12 Å². The van der Waals surface area contributed by atoms with Crippen LogP contribution in [0.4, 0.5) is 4.39 Å². The molecule has 0 bridgehead atoms. The number of hydrogen-bond donors (Lipinski definition) is 0. The molecule has 1 aliphatic carbocycles. The second-order valence-electron chi connectivity index (χ2n) is 3.78. The van der Waals surface area contributed by atoms with Gasteiger partial charge in [-0.15, -0.1) is 10.2 Å². The largest absolute Gasteiger partial charge is 0.287 e. The number of benzene rings is 1. The Labute approximate surface area is 102 Å². The lowest BCUT2D eigenvalue weighted by atomic mass is 10.1. The third-order valence-electron chi connectivity index (χ3n) is 2.72. The summed E-state index contributed by atoms with van der Waals surface area (Å²) in [4.78, 5) is 16.1. The fourth-order valence-corrected chi connectivity index (χ4v) is 1.92. The Kier molecular flexibility index (Phi) is 2.00. The minimum absolute atomic E-state index is 0.167. The van der Waals surface area contributed by atoms with Crippen LogP contribution in [0, 0.1) is 5.82 Å². The molecule has 0 N–H and O–H groups in total. The average molecular weight is 242 g/mol. The molecule has 5 nitrogen and oxygen atoms in total. The Balaban J connectivity index is 2.25. The highest BCUT2D eigenvalue weighted by atomic mass is 19.1. The van der Waals surface area contributed by atoms with E-state index in [-0.39, 0.29) is 22.9 Å². The van der Waals surface area contributed by atoms with Crippen LogP contribution in [0.5, 0.6) is 0 Å². The van der Waals surface area contributed by atoms with Crippen LogP contribution in [0.3, 0.4) is 0 Å². The van der Waals surface area contributed by atoms with E-state index >= 15 is 0 Å². The van der Waals surface area contributed by atoms with Gasteiger partial charge in [-0.3, -0.25) is 4.79 Å². The summed E-state index contributed by atoms with van der Waals surface area (Å²) in [5, 5.41) is 8.85. The summed E-state index contributed by atoms with van der Waals surface area (Å²) in [5.41, 5.74) is 1.34. The monoisotopic (exact) mass is 242 g/mol. The van der Waals surface area contributed by atoms with E-state index in [9.17, 15) is 9.18 Å². The zero-order chi connectivity index (χ0) is 12.9. The molecule has 3 rings (SSSR count). The summed E-state index contributed by atoms with van der Waals surface area (Å²) >= 11 is 0. The van der Waals surface area contributed by atoms with Gasteiger partial charge in [-0.25, -0.2) is 9.38 Å². The lowest BCUT2D eigenvalue weighted by molar-refractivity contribution is 0.106. The predicted molar refractivity (Wildman–Crippen MR) is 65.2 cm³/mol. The summed E-state index contributed by atoms with van der Waals surface area (Å²) in [7, 11) is 0. The van der Waals surface area contributed by atoms with Crippen LogP contribution >= 0.6 is 0 Å². The van der Waals surface area contributed by atoms with E-state index < -0.39 is 5.82 Å². The molecule has 0 saturated heterocycles. The summed E-state index contributed by atoms with van der Waals surface area (Å²) in [6, 6.07) is 3.95. The molecule has 2 aliphatic rings. The van der Waals surface area contributed by atoms with E-state index in [4.69, 9.17) is 0 Å². The zero-order valence-corrected chi connectivity index (χ0v) is 9.22. The Morgan fingerprint density at radius 3 is 2.78 bits per heavy atom. The van der Waals surface area contributed by atoms with Crippen molar-refractivity contribution in [2.75, 3.05) is 0 Å². The maximum atomic E-state index is 13.1. The van der Waals surface area contributed by atoms with Crippen LogP contribution in [0.15, 0.2) is 45.8 Å². The molecule has 0 spiro atoms. The molecule has 6 heteroatoms. The molecule has 1 heterocycles. The van der Waals surface area contributed by atoms with Crippen LogP contribution in [-0.4, -0.2) is 29.0 Å². The molecule has 0 fully saturated rings. The molecule has 1 aliphatic heterocycles. The number of fused-ring (bicyclic) bond motifs is 3. The molecule has 0 amide bonds. The number of carbonyl (C=O) groups excluding carboxylic acids is 1. The van der Waals surface area contributed by atoms with E-state index in [1.165, 1.54) is 18.2 Å². The number of carbonyl (C=O) groups is 1. The summed E-state index contributed by atoms with van der Waals surface area (Å²) < 4.78 is 13.1. The van der Waals surface area contributed by atoms with Crippen molar-refractivity contribution in [3.8, 4) is 0 Å². The van der Waals surface area contributed by atoms with Crippen molar-refractivity contribution >= 4 is 23.9 Å². The van der Waals surface area contributed by atoms with E-state index in [2.05, 4.69) is 28.5 Å². The maximum Gasteiger partial charge on any atom is 0.214 e. The Morgan fingerprint density at radius 2 is 2.06 bits per heavy atom. The Morgan fingerprint density at radius 1 is 1.28 bits per heavy atom. The maximum absolute atomic E-state index is 13.1. The van der Waals surface area contributed by atoms with Crippen LogP contribution in [-0.2, 0) is 0 Å². The second kappa shape index (κ2) is 3.43. The molecule has 0 radical (unpaired) electrons. The topological polar surface area (TPSA) is 57.4 Å². The number of nitrogens with zero attached hydrogens (tertiary/aromatic N) is 4. The van der Waals surface area contributed by atoms with Gasteiger partial charge in [0, 0.05) is 17.8 Å². The number of halogens is 1. The first-order chi connectivity index (χ1) is 8.61. The van der Waals surface area contributed by atoms with Gasteiger partial charge < -0.3 is 0 Å². The third kappa shape index (κ3) is 1.26. The highest BCUT2D eigenvalue weighted by Gasteiger charge is 2.36. The average Bonchev–Trinajstić information content (AvgIpc) is 2.62. The highest BCUT2D eigenvalue weighted by Crippen LogP contribution is 2.26. The fourth-order valence-electron chi connectivity index (χ4n) is 1.92. The Bertz CT molecular complexity index is 675. The number of rotatable bonds is 1. The van der Waals surface area contributed by atoms with Gasteiger partial charge in [0.1, 0.15) is 17.2 Å². The van der Waals surface area contributed by atoms with E-state index in [1.807, 2.05) is 0 Å². The zero-order valence-electron chi connectivity index (χ0n) is 9.22. The molecule has 0 saturated carbocycles. The van der Waals surface area contributed by atoms with E-state index in [0.29, 0.717) is 11.3 Å². The van der Waals surface area contributed by atoms with Gasteiger partial charge >= 0.3 is 0 Å². The quantitative estimate of drug-likeness (QED) is 0.702. The minimum Gasteiger partial charge on any atom is -0.287 e.